The van der Waals surface area contributed by atoms with Gasteiger partial charge in [0.25, 0.3) is 11.8 Å². The van der Waals surface area contributed by atoms with Crippen LogP contribution in [0.5, 0.6) is 0 Å². The van der Waals surface area contributed by atoms with Crippen LogP contribution in [0.1, 0.15) is 56.7 Å². The zero-order valence-electron chi connectivity index (χ0n) is 21.5. The van der Waals surface area contributed by atoms with E-state index in [2.05, 4.69) is 0 Å². The minimum atomic E-state index is -0.422. The normalized spacial score (nSPS) is 18.1. The third-order valence-corrected chi connectivity index (χ3v) is 8.79. The maximum Gasteiger partial charge on any atom is 0.255 e. The van der Waals surface area contributed by atoms with Crippen LogP contribution in [0.25, 0.3) is 0 Å². The van der Waals surface area contributed by atoms with Crippen molar-refractivity contribution in [3.8, 4) is 0 Å². The highest BCUT2D eigenvalue weighted by molar-refractivity contribution is 6.33. The first-order valence-corrected chi connectivity index (χ1v) is 13.7. The predicted molar refractivity (Wildman–Crippen MR) is 145 cm³/mol. The Morgan fingerprint density at radius 2 is 1.51 bits per heavy atom. The molecule has 0 unspecified atom stereocenters. The second-order valence-corrected chi connectivity index (χ2v) is 11.2. The lowest BCUT2D eigenvalue weighted by Crippen LogP contribution is -2.46. The molecule has 0 aromatic heterocycles. The Labute approximate surface area is 232 Å². The van der Waals surface area contributed by atoms with Crippen molar-refractivity contribution in [3.05, 3.63) is 105 Å². The Kier molecular flexibility index (Phi) is 6.63. The van der Waals surface area contributed by atoms with E-state index in [1.165, 1.54) is 12.1 Å². The first-order valence-electron chi connectivity index (χ1n) is 13.3. The largest absolute Gasteiger partial charge is 0.339 e. The molecular weight excluding hydrogens is 517 g/mol. The summed E-state index contributed by atoms with van der Waals surface area (Å²) in [5, 5.41) is 0.427. The molecule has 6 nitrogen and oxygen atoms in total. The number of likely N-dealkylation sites (tertiary alicyclic amines) is 2. The molecule has 0 aliphatic carbocycles. The SMILES string of the molecule is O=C(c1ccc2c(c1)CN(C(=O)c1ccccc1Cl)C2)N1CCC2(CC1)CCN(Cc1ccc(F)cc1)C2=O. The number of nitrogens with zero attached hydrogens (tertiary/aromatic N) is 3. The Morgan fingerprint density at radius 1 is 0.821 bits per heavy atom. The zero-order chi connectivity index (χ0) is 27.1. The van der Waals surface area contributed by atoms with Crippen LogP contribution >= 0.6 is 11.6 Å². The highest BCUT2D eigenvalue weighted by Gasteiger charge is 2.48. The van der Waals surface area contributed by atoms with Crippen LogP contribution < -0.4 is 0 Å². The van der Waals surface area contributed by atoms with Crippen molar-refractivity contribution >= 4 is 29.3 Å². The molecule has 1 spiro atoms. The first-order chi connectivity index (χ1) is 18.8. The van der Waals surface area contributed by atoms with Gasteiger partial charge in [0.15, 0.2) is 0 Å². The maximum atomic E-state index is 13.4. The summed E-state index contributed by atoms with van der Waals surface area (Å²) in [5.41, 5.74) is 3.57. The molecule has 200 valence electrons. The van der Waals surface area contributed by atoms with Crippen LogP contribution in [-0.4, -0.2) is 52.1 Å². The molecule has 3 aliphatic heterocycles. The second-order valence-electron chi connectivity index (χ2n) is 10.8. The van der Waals surface area contributed by atoms with Gasteiger partial charge in [-0.3, -0.25) is 14.4 Å². The first kappa shape index (κ1) is 25.6. The number of hydrogen-bond acceptors (Lipinski definition) is 3. The lowest BCUT2D eigenvalue weighted by atomic mass is 9.77. The van der Waals surface area contributed by atoms with E-state index < -0.39 is 5.41 Å². The second kappa shape index (κ2) is 10.1. The molecule has 3 amide bonds. The van der Waals surface area contributed by atoms with E-state index in [0.29, 0.717) is 68.3 Å². The number of benzene rings is 3. The van der Waals surface area contributed by atoms with Gasteiger partial charge in [0.2, 0.25) is 5.91 Å². The fourth-order valence-corrected chi connectivity index (χ4v) is 6.33. The molecule has 3 heterocycles. The third kappa shape index (κ3) is 4.80. The molecule has 0 saturated carbocycles. The summed E-state index contributed by atoms with van der Waals surface area (Å²) in [7, 11) is 0. The smallest absolute Gasteiger partial charge is 0.255 e. The molecule has 2 fully saturated rings. The number of hydrogen-bond donors (Lipinski definition) is 0. The quantitative estimate of drug-likeness (QED) is 0.447. The average molecular weight is 546 g/mol. The molecule has 8 heteroatoms. The van der Waals surface area contributed by atoms with Crippen LogP contribution in [0.2, 0.25) is 5.02 Å². The Morgan fingerprint density at radius 3 is 2.26 bits per heavy atom. The molecule has 39 heavy (non-hydrogen) atoms. The van der Waals surface area contributed by atoms with Crippen molar-refractivity contribution in [2.24, 2.45) is 5.41 Å². The fraction of sp³-hybridized carbons (Fsp3) is 0.323. The van der Waals surface area contributed by atoms with Crippen molar-refractivity contribution in [1.29, 1.82) is 0 Å². The molecule has 3 aromatic carbocycles. The average Bonchev–Trinajstić information content (AvgIpc) is 3.51. The van der Waals surface area contributed by atoms with E-state index in [9.17, 15) is 18.8 Å². The molecule has 2 saturated heterocycles. The molecule has 6 rings (SSSR count). The molecule has 0 N–H and O–H groups in total. The van der Waals surface area contributed by atoms with Crippen LogP contribution in [0.15, 0.2) is 66.7 Å². The molecular formula is C31H29ClFN3O3. The summed E-state index contributed by atoms with van der Waals surface area (Å²) in [6.45, 7) is 3.14. The van der Waals surface area contributed by atoms with Crippen molar-refractivity contribution < 1.29 is 18.8 Å². The summed E-state index contributed by atoms with van der Waals surface area (Å²) >= 11 is 6.23. The molecule has 0 bridgehead atoms. The molecule has 0 atom stereocenters. The summed E-state index contributed by atoms with van der Waals surface area (Å²) in [5.74, 6) is -0.316. The topological polar surface area (TPSA) is 60.9 Å². The van der Waals surface area contributed by atoms with Crippen molar-refractivity contribution in [1.82, 2.24) is 14.7 Å². The van der Waals surface area contributed by atoms with E-state index in [1.54, 1.807) is 41.3 Å². The maximum absolute atomic E-state index is 13.4. The van der Waals surface area contributed by atoms with Crippen LogP contribution in [0, 0.1) is 11.2 Å². The minimum Gasteiger partial charge on any atom is -0.339 e. The van der Waals surface area contributed by atoms with Gasteiger partial charge in [-0.15, -0.1) is 0 Å². The van der Waals surface area contributed by atoms with Gasteiger partial charge in [0.1, 0.15) is 5.82 Å². The lowest BCUT2D eigenvalue weighted by molar-refractivity contribution is -0.138. The molecule has 3 aliphatic rings. The van der Waals surface area contributed by atoms with Crippen molar-refractivity contribution in [2.75, 3.05) is 19.6 Å². The third-order valence-electron chi connectivity index (χ3n) is 8.46. The molecule has 0 radical (unpaired) electrons. The van der Waals surface area contributed by atoms with Crippen molar-refractivity contribution in [2.45, 2.75) is 38.9 Å². The lowest BCUT2D eigenvalue weighted by Gasteiger charge is -2.38. The fourth-order valence-electron chi connectivity index (χ4n) is 6.11. The van der Waals surface area contributed by atoms with E-state index >= 15 is 0 Å². The molecule has 3 aromatic rings. The summed E-state index contributed by atoms with van der Waals surface area (Å²) in [6, 6.07) is 19.0. The highest BCUT2D eigenvalue weighted by atomic mass is 35.5. The Balaban J connectivity index is 1.08. The van der Waals surface area contributed by atoms with E-state index in [4.69, 9.17) is 11.6 Å². The van der Waals surface area contributed by atoms with Crippen LogP contribution in [-0.2, 0) is 24.4 Å². The minimum absolute atomic E-state index is 0.0443. The van der Waals surface area contributed by atoms with Gasteiger partial charge in [-0.1, -0.05) is 41.9 Å². The van der Waals surface area contributed by atoms with Crippen molar-refractivity contribution in [3.63, 3.8) is 0 Å². The van der Waals surface area contributed by atoms with Gasteiger partial charge in [-0.05, 0) is 72.4 Å². The van der Waals surface area contributed by atoms with E-state index in [0.717, 1.165) is 23.1 Å². The number of piperidine rings is 1. The zero-order valence-corrected chi connectivity index (χ0v) is 22.3. The number of halogens is 2. The highest BCUT2D eigenvalue weighted by Crippen LogP contribution is 2.42. The Bertz CT molecular complexity index is 1450. The van der Waals surface area contributed by atoms with Gasteiger partial charge in [0.05, 0.1) is 16.0 Å². The summed E-state index contributed by atoms with van der Waals surface area (Å²) < 4.78 is 13.2. The predicted octanol–water partition coefficient (Wildman–Crippen LogP) is 5.29. The number of carbonyl (C=O) groups is 3. The Hall–Kier alpha value is -3.71. The van der Waals surface area contributed by atoms with E-state index in [1.807, 2.05) is 28.0 Å². The standard InChI is InChI=1S/C31H29ClFN3O3/c32-27-4-2-1-3-26(27)29(38)36-19-23-8-7-22(17-24(23)20-36)28(37)34-14-11-31(12-15-34)13-16-35(30(31)39)18-21-5-9-25(33)10-6-21/h1-10,17H,11-16,18-20H2. The number of fused-ring (bicyclic) bond motifs is 1. The monoisotopic (exact) mass is 545 g/mol. The van der Waals surface area contributed by atoms with Crippen LogP contribution in [0.4, 0.5) is 4.39 Å². The van der Waals surface area contributed by atoms with E-state index in [-0.39, 0.29) is 23.5 Å². The van der Waals surface area contributed by atoms with Crippen LogP contribution in [0.3, 0.4) is 0 Å². The number of rotatable bonds is 4. The van der Waals surface area contributed by atoms with Gasteiger partial charge in [-0.2, -0.15) is 0 Å². The van der Waals surface area contributed by atoms with Gasteiger partial charge in [-0.25, -0.2) is 4.39 Å². The van der Waals surface area contributed by atoms with Gasteiger partial charge >= 0.3 is 0 Å². The number of amides is 3. The number of carbonyl (C=O) groups excluding carboxylic acids is 3. The van der Waals surface area contributed by atoms with Gasteiger partial charge in [0, 0.05) is 44.8 Å². The summed E-state index contributed by atoms with van der Waals surface area (Å²) in [6.07, 6.45) is 2.06. The summed E-state index contributed by atoms with van der Waals surface area (Å²) in [4.78, 5) is 45.2. The van der Waals surface area contributed by atoms with Gasteiger partial charge < -0.3 is 14.7 Å².